The van der Waals surface area contributed by atoms with Crippen molar-refractivity contribution in [2.75, 3.05) is 13.1 Å². The maximum Gasteiger partial charge on any atom is 0.224 e. The van der Waals surface area contributed by atoms with Gasteiger partial charge in [-0.05, 0) is 25.7 Å². The first-order chi connectivity index (χ1) is 10.1. The van der Waals surface area contributed by atoms with E-state index in [1.165, 1.54) is 0 Å². The predicted molar refractivity (Wildman–Crippen MR) is 79.6 cm³/mol. The number of carbonyl (C=O) groups excluding carboxylic acids is 1. The monoisotopic (exact) mass is 291 g/mol. The third kappa shape index (κ3) is 3.10. The molecule has 21 heavy (non-hydrogen) atoms. The second kappa shape index (κ2) is 5.75. The van der Waals surface area contributed by atoms with Gasteiger partial charge in [-0.15, -0.1) is 10.2 Å². The fraction of sp³-hybridized carbons (Fsp3) is 0.800. The number of nitrogens with zero attached hydrogens (tertiary/aromatic N) is 4. The van der Waals surface area contributed by atoms with Crippen LogP contribution in [0, 0.1) is 0 Å². The Kier molecular flexibility index (Phi) is 3.97. The first kappa shape index (κ1) is 14.5. The number of amides is 1. The number of hydrogen-bond donors (Lipinski definition) is 1. The summed E-state index contributed by atoms with van der Waals surface area (Å²) in [5.74, 6) is 1.49. The summed E-state index contributed by atoms with van der Waals surface area (Å²) in [7, 11) is 1.96. The Morgan fingerprint density at radius 2 is 2.19 bits per heavy atom. The summed E-state index contributed by atoms with van der Waals surface area (Å²) < 4.78 is 1.96. The summed E-state index contributed by atoms with van der Waals surface area (Å²) in [6.45, 7) is 1.60. The summed E-state index contributed by atoms with van der Waals surface area (Å²) in [6.07, 6.45) is 8.61. The van der Waals surface area contributed by atoms with Crippen molar-refractivity contribution >= 4 is 5.91 Å². The lowest BCUT2D eigenvalue weighted by Gasteiger charge is -2.34. The van der Waals surface area contributed by atoms with Gasteiger partial charge in [0.1, 0.15) is 12.2 Å². The number of aryl methyl sites for hydroxylation is 1. The summed E-state index contributed by atoms with van der Waals surface area (Å²) in [5, 5.41) is 8.15. The number of likely N-dealkylation sites (tertiary alicyclic amines) is 1. The van der Waals surface area contributed by atoms with E-state index in [9.17, 15) is 4.79 Å². The van der Waals surface area contributed by atoms with Crippen LogP contribution < -0.4 is 5.73 Å². The molecule has 0 spiro atoms. The van der Waals surface area contributed by atoms with Crippen LogP contribution in [-0.2, 0) is 11.8 Å². The fourth-order valence-corrected chi connectivity index (χ4v) is 3.75. The minimum atomic E-state index is -0.255. The largest absolute Gasteiger partial charge is 0.342 e. The van der Waals surface area contributed by atoms with Gasteiger partial charge in [0.2, 0.25) is 5.91 Å². The molecule has 1 saturated heterocycles. The normalized spacial score (nSPS) is 25.2. The van der Waals surface area contributed by atoms with Gasteiger partial charge < -0.3 is 15.2 Å². The van der Waals surface area contributed by atoms with Gasteiger partial charge in [-0.25, -0.2) is 0 Å². The molecule has 6 heteroatoms. The van der Waals surface area contributed by atoms with E-state index in [1.54, 1.807) is 6.33 Å². The number of carbonyl (C=O) groups is 1. The molecule has 0 radical (unpaired) electrons. The molecule has 1 aliphatic carbocycles. The lowest BCUT2D eigenvalue weighted by molar-refractivity contribution is -0.133. The van der Waals surface area contributed by atoms with Crippen molar-refractivity contribution in [2.45, 2.75) is 56.4 Å². The molecule has 1 atom stereocenters. The maximum absolute atomic E-state index is 12.6. The molecule has 1 saturated carbocycles. The Morgan fingerprint density at radius 1 is 1.43 bits per heavy atom. The van der Waals surface area contributed by atoms with Crippen LogP contribution in [0.15, 0.2) is 6.33 Å². The van der Waals surface area contributed by atoms with Crippen molar-refractivity contribution in [2.24, 2.45) is 12.8 Å². The predicted octanol–water partition coefficient (Wildman–Crippen LogP) is 1.18. The van der Waals surface area contributed by atoms with E-state index in [0.717, 1.165) is 57.4 Å². The first-order valence-corrected chi connectivity index (χ1v) is 7.98. The number of hydrogen-bond acceptors (Lipinski definition) is 4. The van der Waals surface area contributed by atoms with Gasteiger partial charge in [0.05, 0.1) is 0 Å². The topological polar surface area (TPSA) is 77.0 Å². The Balaban J connectivity index is 1.63. The molecule has 1 amide bonds. The molecule has 1 aromatic heterocycles. The highest BCUT2D eigenvalue weighted by Gasteiger charge is 2.35. The van der Waals surface area contributed by atoms with Crippen LogP contribution in [0.5, 0.6) is 0 Å². The highest BCUT2D eigenvalue weighted by molar-refractivity contribution is 5.77. The van der Waals surface area contributed by atoms with E-state index in [1.807, 2.05) is 16.5 Å². The van der Waals surface area contributed by atoms with Crippen molar-refractivity contribution in [3.8, 4) is 0 Å². The number of nitrogens with two attached hydrogens (primary N) is 1. The minimum Gasteiger partial charge on any atom is -0.342 e. The van der Waals surface area contributed by atoms with Crippen LogP contribution in [0.3, 0.4) is 0 Å². The van der Waals surface area contributed by atoms with Gasteiger partial charge in [0, 0.05) is 38.0 Å². The molecule has 0 aromatic carbocycles. The highest BCUT2D eigenvalue weighted by atomic mass is 16.2. The SMILES string of the molecule is Cn1cnnc1C1CCCN(C(=O)CC2(N)CCCC2)C1. The van der Waals surface area contributed by atoms with Crippen molar-refractivity contribution in [3.05, 3.63) is 12.2 Å². The Bertz CT molecular complexity index is 506. The van der Waals surface area contributed by atoms with Gasteiger partial charge in [0.15, 0.2) is 0 Å². The average Bonchev–Trinajstić information content (AvgIpc) is 3.08. The standard InChI is InChI=1S/C15H25N5O/c1-19-11-17-18-14(19)12-5-4-8-20(10-12)13(21)9-15(16)6-2-3-7-15/h11-12H,2-10,16H2,1H3. The third-order valence-electron chi connectivity index (χ3n) is 4.99. The molecular formula is C15H25N5O. The van der Waals surface area contributed by atoms with Gasteiger partial charge in [-0.2, -0.15) is 0 Å². The first-order valence-electron chi connectivity index (χ1n) is 7.98. The quantitative estimate of drug-likeness (QED) is 0.907. The van der Waals surface area contributed by atoms with Crippen molar-refractivity contribution in [1.82, 2.24) is 19.7 Å². The summed E-state index contributed by atoms with van der Waals surface area (Å²) in [4.78, 5) is 14.5. The van der Waals surface area contributed by atoms with Gasteiger partial charge in [0.25, 0.3) is 0 Å². The van der Waals surface area contributed by atoms with Crippen LogP contribution in [0.4, 0.5) is 0 Å². The average molecular weight is 291 g/mol. The van der Waals surface area contributed by atoms with Crippen molar-refractivity contribution in [1.29, 1.82) is 0 Å². The molecule has 1 unspecified atom stereocenters. The second-order valence-electron chi connectivity index (χ2n) is 6.73. The molecule has 1 aromatic rings. The van der Waals surface area contributed by atoms with E-state index in [-0.39, 0.29) is 11.4 Å². The molecule has 2 aliphatic rings. The van der Waals surface area contributed by atoms with Crippen LogP contribution >= 0.6 is 0 Å². The van der Waals surface area contributed by atoms with Crippen LogP contribution in [0.25, 0.3) is 0 Å². The van der Waals surface area contributed by atoms with Crippen LogP contribution in [0.2, 0.25) is 0 Å². The van der Waals surface area contributed by atoms with Gasteiger partial charge >= 0.3 is 0 Å². The van der Waals surface area contributed by atoms with Gasteiger partial charge in [-0.3, -0.25) is 4.79 Å². The molecule has 3 rings (SSSR count). The number of rotatable bonds is 3. The van der Waals surface area contributed by atoms with Crippen molar-refractivity contribution < 1.29 is 4.79 Å². The zero-order chi connectivity index (χ0) is 14.9. The van der Waals surface area contributed by atoms with Crippen molar-refractivity contribution in [3.63, 3.8) is 0 Å². The molecule has 2 fully saturated rings. The molecule has 6 nitrogen and oxygen atoms in total. The smallest absolute Gasteiger partial charge is 0.224 e. The maximum atomic E-state index is 12.6. The van der Waals surface area contributed by atoms with E-state index in [2.05, 4.69) is 10.2 Å². The zero-order valence-electron chi connectivity index (χ0n) is 12.8. The zero-order valence-corrected chi connectivity index (χ0v) is 12.8. The second-order valence-corrected chi connectivity index (χ2v) is 6.73. The molecule has 2 heterocycles. The highest BCUT2D eigenvalue weighted by Crippen LogP contribution is 2.32. The Hall–Kier alpha value is -1.43. The molecule has 2 N–H and O–H groups in total. The summed E-state index contributed by atoms with van der Waals surface area (Å²) in [6, 6.07) is 0. The lowest BCUT2D eigenvalue weighted by atomic mass is 9.92. The number of piperidine rings is 1. The van der Waals surface area contributed by atoms with E-state index in [0.29, 0.717) is 12.3 Å². The minimum absolute atomic E-state index is 0.214. The fourth-order valence-electron chi connectivity index (χ4n) is 3.75. The lowest BCUT2D eigenvalue weighted by Crippen LogP contribution is -2.46. The molecular weight excluding hydrogens is 266 g/mol. The van der Waals surface area contributed by atoms with E-state index in [4.69, 9.17) is 5.73 Å². The Labute approximate surface area is 125 Å². The third-order valence-corrected chi connectivity index (χ3v) is 4.99. The van der Waals surface area contributed by atoms with Gasteiger partial charge in [-0.1, -0.05) is 12.8 Å². The number of aromatic nitrogens is 3. The van der Waals surface area contributed by atoms with E-state index < -0.39 is 0 Å². The van der Waals surface area contributed by atoms with Crippen LogP contribution in [0.1, 0.15) is 56.7 Å². The molecule has 0 bridgehead atoms. The van der Waals surface area contributed by atoms with Crippen LogP contribution in [-0.4, -0.2) is 44.2 Å². The molecule has 116 valence electrons. The Morgan fingerprint density at radius 3 is 2.86 bits per heavy atom. The summed E-state index contributed by atoms with van der Waals surface area (Å²) >= 11 is 0. The summed E-state index contributed by atoms with van der Waals surface area (Å²) in [5.41, 5.74) is 6.09. The molecule has 1 aliphatic heterocycles. The van der Waals surface area contributed by atoms with E-state index >= 15 is 0 Å².